The lowest BCUT2D eigenvalue weighted by atomic mass is 10.1. The largest absolute Gasteiger partial charge is 0.481 e. The summed E-state index contributed by atoms with van der Waals surface area (Å²) in [4.78, 5) is 10.2. The standard InChI is InChI=1S/C9H13NO2/c1-10-6-5-8(7-10)3-2-4-9(11)12/h5-7H,2-4H2,1H3,(H,11,12). The Morgan fingerprint density at radius 2 is 2.42 bits per heavy atom. The summed E-state index contributed by atoms with van der Waals surface area (Å²) in [6.45, 7) is 0. The molecular formula is C9H13NO2. The molecule has 0 fully saturated rings. The van der Waals surface area contributed by atoms with E-state index in [0.717, 1.165) is 12.8 Å². The second-order valence-corrected chi connectivity index (χ2v) is 2.93. The predicted octanol–water partition coefficient (Wildman–Crippen LogP) is 1.43. The number of aryl methyl sites for hydroxylation is 2. The van der Waals surface area contributed by atoms with Crippen LogP contribution in [0.5, 0.6) is 0 Å². The molecule has 0 aromatic carbocycles. The Bertz CT molecular complexity index is 265. The number of aromatic nitrogens is 1. The summed E-state index contributed by atoms with van der Waals surface area (Å²) in [6.07, 6.45) is 5.82. The van der Waals surface area contributed by atoms with Crippen molar-refractivity contribution in [2.24, 2.45) is 7.05 Å². The molecule has 0 amide bonds. The molecule has 3 heteroatoms. The SMILES string of the molecule is Cn1ccc(CCCC(=O)O)c1. The predicted molar refractivity (Wildman–Crippen MR) is 46.0 cm³/mol. The maximum Gasteiger partial charge on any atom is 0.303 e. The lowest BCUT2D eigenvalue weighted by Crippen LogP contribution is -1.95. The van der Waals surface area contributed by atoms with Crippen molar-refractivity contribution in [3.05, 3.63) is 24.0 Å². The van der Waals surface area contributed by atoms with Crippen LogP contribution in [0.15, 0.2) is 18.5 Å². The van der Waals surface area contributed by atoms with Crippen LogP contribution in [-0.4, -0.2) is 15.6 Å². The van der Waals surface area contributed by atoms with E-state index in [1.807, 2.05) is 30.1 Å². The molecule has 0 radical (unpaired) electrons. The highest BCUT2D eigenvalue weighted by molar-refractivity contribution is 5.66. The smallest absolute Gasteiger partial charge is 0.303 e. The van der Waals surface area contributed by atoms with Crippen LogP contribution in [0.25, 0.3) is 0 Å². The molecule has 0 aliphatic carbocycles. The fourth-order valence-electron chi connectivity index (χ4n) is 1.15. The zero-order valence-corrected chi connectivity index (χ0v) is 7.16. The van der Waals surface area contributed by atoms with E-state index in [-0.39, 0.29) is 6.42 Å². The molecule has 0 spiro atoms. The summed E-state index contributed by atoms with van der Waals surface area (Å²) in [5.74, 6) is -0.717. The first-order chi connectivity index (χ1) is 5.68. The van der Waals surface area contributed by atoms with E-state index in [4.69, 9.17) is 5.11 Å². The van der Waals surface area contributed by atoms with Crippen LogP contribution in [0.1, 0.15) is 18.4 Å². The number of hydrogen-bond donors (Lipinski definition) is 1. The zero-order valence-electron chi connectivity index (χ0n) is 7.16. The summed E-state index contributed by atoms with van der Waals surface area (Å²) in [6, 6.07) is 2.02. The van der Waals surface area contributed by atoms with Gasteiger partial charge in [0.1, 0.15) is 0 Å². The van der Waals surface area contributed by atoms with Gasteiger partial charge in [-0.25, -0.2) is 0 Å². The maximum absolute atomic E-state index is 10.2. The quantitative estimate of drug-likeness (QED) is 0.737. The van der Waals surface area contributed by atoms with E-state index in [1.54, 1.807) is 0 Å². The second kappa shape index (κ2) is 3.95. The Hall–Kier alpha value is -1.25. The average Bonchev–Trinajstić information content (AvgIpc) is 2.35. The molecule has 1 heterocycles. The normalized spacial score (nSPS) is 10.1. The van der Waals surface area contributed by atoms with Crippen LogP contribution in [0, 0.1) is 0 Å². The molecule has 1 N–H and O–H groups in total. The number of carboxylic acids is 1. The Kier molecular flexibility index (Phi) is 2.91. The number of hydrogen-bond acceptors (Lipinski definition) is 1. The fraction of sp³-hybridized carbons (Fsp3) is 0.444. The van der Waals surface area contributed by atoms with Crippen molar-refractivity contribution < 1.29 is 9.90 Å². The molecule has 12 heavy (non-hydrogen) atoms. The first-order valence-corrected chi connectivity index (χ1v) is 4.01. The second-order valence-electron chi connectivity index (χ2n) is 2.93. The summed E-state index contributed by atoms with van der Waals surface area (Å²) < 4.78 is 1.97. The van der Waals surface area contributed by atoms with E-state index in [2.05, 4.69) is 0 Å². The van der Waals surface area contributed by atoms with Crippen molar-refractivity contribution in [3.8, 4) is 0 Å². The van der Waals surface area contributed by atoms with Crippen molar-refractivity contribution in [1.29, 1.82) is 0 Å². The molecule has 1 aromatic heterocycles. The highest BCUT2D eigenvalue weighted by atomic mass is 16.4. The Morgan fingerprint density at radius 1 is 1.67 bits per heavy atom. The molecule has 0 saturated heterocycles. The number of nitrogens with zero attached hydrogens (tertiary/aromatic N) is 1. The molecule has 1 rings (SSSR count). The maximum atomic E-state index is 10.2. The fourth-order valence-corrected chi connectivity index (χ4v) is 1.15. The lowest BCUT2D eigenvalue weighted by Gasteiger charge is -1.93. The molecule has 0 aliphatic heterocycles. The van der Waals surface area contributed by atoms with E-state index < -0.39 is 5.97 Å². The van der Waals surface area contributed by atoms with Gasteiger partial charge in [0, 0.05) is 25.9 Å². The molecule has 66 valence electrons. The molecule has 1 aromatic rings. The Labute approximate surface area is 71.6 Å². The minimum atomic E-state index is -0.717. The van der Waals surface area contributed by atoms with Crippen LogP contribution in [0.3, 0.4) is 0 Å². The lowest BCUT2D eigenvalue weighted by molar-refractivity contribution is -0.137. The van der Waals surface area contributed by atoms with Crippen molar-refractivity contribution in [1.82, 2.24) is 4.57 Å². The van der Waals surface area contributed by atoms with E-state index in [0.29, 0.717) is 0 Å². The van der Waals surface area contributed by atoms with Gasteiger partial charge in [0.15, 0.2) is 0 Å². The molecule has 0 aliphatic rings. The van der Waals surface area contributed by atoms with Crippen LogP contribution in [0.4, 0.5) is 0 Å². The Morgan fingerprint density at radius 3 is 2.92 bits per heavy atom. The molecule has 0 saturated carbocycles. The van der Waals surface area contributed by atoms with Gasteiger partial charge in [0.25, 0.3) is 0 Å². The number of aliphatic carboxylic acids is 1. The van der Waals surface area contributed by atoms with Gasteiger partial charge < -0.3 is 9.67 Å². The van der Waals surface area contributed by atoms with Gasteiger partial charge in [0.05, 0.1) is 0 Å². The summed E-state index contributed by atoms with van der Waals surface area (Å²) in [5.41, 5.74) is 1.21. The molecule has 0 bridgehead atoms. The van der Waals surface area contributed by atoms with Gasteiger partial charge >= 0.3 is 5.97 Å². The summed E-state index contributed by atoms with van der Waals surface area (Å²) in [7, 11) is 1.96. The zero-order chi connectivity index (χ0) is 8.97. The number of rotatable bonds is 4. The van der Waals surface area contributed by atoms with E-state index in [1.165, 1.54) is 5.56 Å². The van der Waals surface area contributed by atoms with Crippen molar-refractivity contribution >= 4 is 5.97 Å². The van der Waals surface area contributed by atoms with Crippen LogP contribution in [0.2, 0.25) is 0 Å². The minimum Gasteiger partial charge on any atom is -0.481 e. The molecular weight excluding hydrogens is 154 g/mol. The van der Waals surface area contributed by atoms with E-state index in [9.17, 15) is 4.79 Å². The minimum absolute atomic E-state index is 0.259. The summed E-state index contributed by atoms with van der Waals surface area (Å²) in [5, 5.41) is 8.39. The first kappa shape index (κ1) is 8.84. The Balaban J connectivity index is 2.29. The van der Waals surface area contributed by atoms with E-state index >= 15 is 0 Å². The van der Waals surface area contributed by atoms with Gasteiger partial charge in [-0.05, 0) is 24.5 Å². The third-order valence-corrected chi connectivity index (χ3v) is 1.75. The van der Waals surface area contributed by atoms with Crippen LogP contribution in [-0.2, 0) is 18.3 Å². The van der Waals surface area contributed by atoms with Crippen LogP contribution < -0.4 is 0 Å². The molecule has 0 atom stereocenters. The van der Waals surface area contributed by atoms with Gasteiger partial charge in [0.2, 0.25) is 0 Å². The monoisotopic (exact) mass is 167 g/mol. The van der Waals surface area contributed by atoms with Crippen molar-refractivity contribution in [3.63, 3.8) is 0 Å². The van der Waals surface area contributed by atoms with Gasteiger partial charge in [-0.3, -0.25) is 4.79 Å². The molecule has 0 unspecified atom stereocenters. The van der Waals surface area contributed by atoms with Gasteiger partial charge in [-0.2, -0.15) is 0 Å². The highest BCUT2D eigenvalue weighted by Crippen LogP contribution is 2.04. The first-order valence-electron chi connectivity index (χ1n) is 4.01. The van der Waals surface area contributed by atoms with Gasteiger partial charge in [-0.1, -0.05) is 0 Å². The number of carboxylic acid groups (broad SMARTS) is 1. The summed E-state index contributed by atoms with van der Waals surface area (Å²) >= 11 is 0. The van der Waals surface area contributed by atoms with Crippen molar-refractivity contribution in [2.45, 2.75) is 19.3 Å². The van der Waals surface area contributed by atoms with Crippen molar-refractivity contribution in [2.75, 3.05) is 0 Å². The topological polar surface area (TPSA) is 42.2 Å². The molecule has 3 nitrogen and oxygen atoms in total. The highest BCUT2D eigenvalue weighted by Gasteiger charge is 1.98. The van der Waals surface area contributed by atoms with Crippen LogP contribution >= 0.6 is 0 Å². The van der Waals surface area contributed by atoms with Gasteiger partial charge in [-0.15, -0.1) is 0 Å². The third-order valence-electron chi connectivity index (χ3n) is 1.75. The average molecular weight is 167 g/mol. The third kappa shape index (κ3) is 2.78. The number of carbonyl (C=O) groups is 1.